The van der Waals surface area contributed by atoms with Gasteiger partial charge in [-0.15, -0.1) is 0 Å². The third-order valence-electron chi connectivity index (χ3n) is 3.20. The van der Waals surface area contributed by atoms with Gasteiger partial charge in [-0.2, -0.15) is 0 Å². The van der Waals surface area contributed by atoms with E-state index < -0.39 is 0 Å². The maximum absolute atomic E-state index is 4.90. The molecule has 0 saturated heterocycles. The van der Waals surface area contributed by atoms with Crippen molar-refractivity contribution in [2.45, 2.75) is 38.1 Å². The number of amidine groups is 1. The summed E-state index contributed by atoms with van der Waals surface area (Å²) >= 11 is 1.88. The van der Waals surface area contributed by atoms with Gasteiger partial charge in [0.05, 0.1) is 5.54 Å². The highest BCUT2D eigenvalue weighted by Crippen LogP contribution is 2.41. The number of nitrogens with one attached hydrogen (secondary N) is 1. The molecule has 86 valence electrons. The Bertz CT molecular complexity index is 265. The Labute approximate surface area is 96.7 Å². The van der Waals surface area contributed by atoms with Gasteiger partial charge in [-0.25, -0.2) is 5.01 Å². The predicted octanol–water partition coefficient (Wildman–Crippen LogP) is 2.10. The first-order chi connectivity index (χ1) is 7.10. The quantitative estimate of drug-likeness (QED) is 0.695. The van der Waals surface area contributed by atoms with Crippen molar-refractivity contribution < 1.29 is 0 Å². The fraction of sp³-hybridized carbons (Fsp3) is 0.909. The van der Waals surface area contributed by atoms with Gasteiger partial charge in [0.15, 0.2) is 5.17 Å². The highest BCUT2D eigenvalue weighted by molar-refractivity contribution is 8.14. The molecule has 0 aromatic carbocycles. The van der Waals surface area contributed by atoms with Crippen LogP contribution in [0.1, 0.15) is 32.6 Å². The van der Waals surface area contributed by atoms with Gasteiger partial charge in [-0.1, -0.05) is 31.5 Å². The molecule has 15 heavy (non-hydrogen) atoms. The maximum atomic E-state index is 4.90. The summed E-state index contributed by atoms with van der Waals surface area (Å²) in [6.45, 7) is 2.36. The van der Waals surface area contributed by atoms with Crippen molar-refractivity contribution in [1.29, 1.82) is 0 Å². The summed E-state index contributed by atoms with van der Waals surface area (Å²) < 4.78 is 0. The van der Waals surface area contributed by atoms with Crippen LogP contribution in [-0.4, -0.2) is 35.6 Å². The fourth-order valence-corrected chi connectivity index (χ4v) is 3.83. The van der Waals surface area contributed by atoms with E-state index in [2.05, 4.69) is 12.3 Å². The van der Waals surface area contributed by atoms with Crippen molar-refractivity contribution in [1.82, 2.24) is 10.4 Å². The molecule has 1 spiro atoms. The lowest BCUT2D eigenvalue weighted by Gasteiger charge is -2.33. The zero-order valence-corrected chi connectivity index (χ0v) is 10.7. The molecular formula is C11H21N3S. The van der Waals surface area contributed by atoms with Gasteiger partial charge < -0.3 is 0 Å². The molecule has 0 aromatic heterocycles. The van der Waals surface area contributed by atoms with E-state index in [-0.39, 0.29) is 5.54 Å². The van der Waals surface area contributed by atoms with Crippen LogP contribution < -0.4 is 5.43 Å². The number of thioether (sulfide) groups is 1. The smallest absolute Gasteiger partial charge is 0.171 e. The molecule has 2 atom stereocenters. The van der Waals surface area contributed by atoms with Crippen molar-refractivity contribution in [3.8, 4) is 0 Å². The van der Waals surface area contributed by atoms with Gasteiger partial charge in [0, 0.05) is 19.8 Å². The Balaban J connectivity index is 2.01. The van der Waals surface area contributed by atoms with E-state index in [4.69, 9.17) is 4.99 Å². The van der Waals surface area contributed by atoms with E-state index in [1.165, 1.54) is 31.4 Å². The normalized spacial score (nSPS) is 36.0. The fourth-order valence-electron chi connectivity index (χ4n) is 2.60. The van der Waals surface area contributed by atoms with Gasteiger partial charge in [0.2, 0.25) is 0 Å². The SMILES string of the molecule is CC1CCCC2(CSC(NN(C)C)=N2)C1. The molecule has 3 nitrogen and oxygen atoms in total. The molecule has 0 aromatic rings. The molecule has 0 bridgehead atoms. The van der Waals surface area contributed by atoms with Crippen LogP contribution in [-0.2, 0) is 0 Å². The summed E-state index contributed by atoms with van der Waals surface area (Å²) in [6, 6.07) is 0. The summed E-state index contributed by atoms with van der Waals surface area (Å²) in [4.78, 5) is 4.90. The molecular weight excluding hydrogens is 206 g/mol. The standard InChI is InChI=1S/C11H21N3S/c1-9-5-4-6-11(7-9)8-15-10(12-11)13-14(2)3/h9H,4-8H2,1-3H3,(H,12,13). The minimum Gasteiger partial charge on any atom is -0.298 e. The van der Waals surface area contributed by atoms with Gasteiger partial charge in [0.25, 0.3) is 0 Å². The molecule has 0 amide bonds. The van der Waals surface area contributed by atoms with Crippen LogP contribution in [0.15, 0.2) is 4.99 Å². The van der Waals surface area contributed by atoms with Crippen LogP contribution in [0.25, 0.3) is 0 Å². The van der Waals surface area contributed by atoms with Crippen molar-refractivity contribution in [2.75, 3.05) is 19.8 Å². The first-order valence-electron chi connectivity index (χ1n) is 5.76. The first kappa shape index (κ1) is 11.3. The second-order valence-corrected chi connectivity index (χ2v) is 6.10. The Kier molecular flexibility index (Phi) is 3.26. The average Bonchev–Trinajstić information content (AvgIpc) is 2.47. The monoisotopic (exact) mass is 227 g/mol. The summed E-state index contributed by atoms with van der Waals surface area (Å²) in [5, 5.41) is 3.08. The van der Waals surface area contributed by atoms with Crippen LogP contribution >= 0.6 is 11.8 Å². The summed E-state index contributed by atoms with van der Waals surface area (Å²) in [7, 11) is 4.02. The molecule has 2 rings (SSSR count). The van der Waals surface area contributed by atoms with E-state index in [0.29, 0.717) is 0 Å². The highest BCUT2D eigenvalue weighted by atomic mass is 32.2. The van der Waals surface area contributed by atoms with Crippen molar-refractivity contribution in [3.63, 3.8) is 0 Å². The van der Waals surface area contributed by atoms with Crippen LogP contribution in [0, 0.1) is 5.92 Å². The molecule has 4 heteroatoms. The zero-order chi connectivity index (χ0) is 10.9. The molecule has 1 N–H and O–H groups in total. The Morgan fingerprint density at radius 1 is 1.53 bits per heavy atom. The van der Waals surface area contributed by atoms with Gasteiger partial charge >= 0.3 is 0 Å². The van der Waals surface area contributed by atoms with E-state index >= 15 is 0 Å². The second kappa shape index (κ2) is 4.34. The Hall–Kier alpha value is -0.220. The van der Waals surface area contributed by atoms with Crippen molar-refractivity contribution in [2.24, 2.45) is 10.9 Å². The molecule has 1 aliphatic carbocycles. The molecule has 0 radical (unpaired) electrons. The lowest BCUT2D eigenvalue weighted by atomic mass is 9.78. The largest absolute Gasteiger partial charge is 0.298 e. The summed E-state index contributed by atoms with van der Waals surface area (Å²) in [5.41, 5.74) is 3.54. The minimum atomic E-state index is 0.265. The third-order valence-corrected chi connectivity index (χ3v) is 4.34. The number of rotatable bonds is 1. The van der Waals surface area contributed by atoms with Crippen LogP contribution in [0.2, 0.25) is 0 Å². The van der Waals surface area contributed by atoms with E-state index in [0.717, 1.165) is 11.1 Å². The van der Waals surface area contributed by atoms with Crippen LogP contribution in [0.5, 0.6) is 0 Å². The van der Waals surface area contributed by atoms with E-state index in [1.54, 1.807) is 0 Å². The lowest BCUT2D eigenvalue weighted by molar-refractivity contribution is 0.264. The molecule has 2 aliphatic rings. The van der Waals surface area contributed by atoms with Crippen molar-refractivity contribution in [3.05, 3.63) is 0 Å². The molecule has 1 saturated carbocycles. The summed E-state index contributed by atoms with van der Waals surface area (Å²) in [6.07, 6.45) is 5.29. The summed E-state index contributed by atoms with van der Waals surface area (Å²) in [5.74, 6) is 2.02. The molecule has 1 fully saturated rings. The zero-order valence-electron chi connectivity index (χ0n) is 9.92. The van der Waals surface area contributed by atoms with Crippen LogP contribution in [0.4, 0.5) is 0 Å². The Morgan fingerprint density at radius 3 is 3.00 bits per heavy atom. The lowest BCUT2D eigenvalue weighted by Crippen LogP contribution is -2.35. The third kappa shape index (κ3) is 2.67. The maximum Gasteiger partial charge on any atom is 0.171 e. The topological polar surface area (TPSA) is 27.6 Å². The van der Waals surface area contributed by atoms with E-state index in [1.807, 2.05) is 30.9 Å². The first-order valence-corrected chi connectivity index (χ1v) is 6.75. The number of hydrazine groups is 1. The second-order valence-electron chi connectivity index (χ2n) is 5.14. The predicted molar refractivity (Wildman–Crippen MR) is 67.1 cm³/mol. The number of hydrogen-bond acceptors (Lipinski definition) is 4. The average molecular weight is 227 g/mol. The Morgan fingerprint density at radius 2 is 2.33 bits per heavy atom. The number of nitrogens with zero attached hydrogens (tertiary/aromatic N) is 2. The van der Waals surface area contributed by atoms with Crippen LogP contribution in [0.3, 0.4) is 0 Å². The number of hydrogen-bond donors (Lipinski definition) is 1. The van der Waals surface area contributed by atoms with Gasteiger partial charge in [0.1, 0.15) is 0 Å². The minimum absolute atomic E-state index is 0.265. The van der Waals surface area contributed by atoms with Gasteiger partial charge in [-0.3, -0.25) is 10.4 Å². The molecule has 2 unspecified atom stereocenters. The molecule has 1 aliphatic heterocycles. The van der Waals surface area contributed by atoms with Crippen molar-refractivity contribution >= 4 is 16.9 Å². The highest BCUT2D eigenvalue weighted by Gasteiger charge is 2.39. The molecule has 1 heterocycles. The van der Waals surface area contributed by atoms with Gasteiger partial charge in [-0.05, 0) is 18.8 Å². The van der Waals surface area contributed by atoms with E-state index in [9.17, 15) is 0 Å². The number of aliphatic imine (C=N–C) groups is 1.